The van der Waals surface area contributed by atoms with E-state index in [0.29, 0.717) is 11.4 Å². The molecule has 3 amide bonds. The molecule has 1 aliphatic rings. The van der Waals surface area contributed by atoms with Crippen LogP contribution in [0.4, 0.5) is 17.1 Å². The molecule has 0 saturated heterocycles. The number of imide groups is 1. The average molecular weight is 513 g/mol. The molecule has 0 atom stereocenters. The number of anilines is 2. The fourth-order valence-electron chi connectivity index (χ4n) is 3.08. The van der Waals surface area contributed by atoms with Crippen molar-refractivity contribution < 1.29 is 19.3 Å². The van der Waals surface area contributed by atoms with Crippen molar-refractivity contribution >= 4 is 57.4 Å². The van der Waals surface area contributed by atoms with E-state index >= 15 is 0 Å². The molecule has 0 spiro atoms. The molecule has 0 saturated carbocycles. The molecule has 4 rings (SSSR count). The fourth-order valence-corrected chi connectivity index (χ4v) is 3.44. The van der Waals surface area contributed by atoms with Gasteiger partial charge in [-0.25, -0.2) is 4.90 Å². The second-order valence-corrected chi connectivity index (χ2v) is 7.69. The predicted molar refractivity (Wildman–Crippen MR) is 118 cm³/mol. The van der Waals surface area contributed by atoms with Crippen LogP contribution in [-0.4, -0.2) is 22.6 Å². The van der Waals surface area contributed by atoms with E-state index in [-0.39, 0.29) is 22.4 Å². The highest BCUT2D eigenvalue weighted by atomic mass is 127. The summed E-state index contributed by atoms with van der Waals surface area (Å²) in [5.41, 5.74) is 1.36. The lowest BCUT2D eigenvalue weighted by Crippen LogP contribution is -2.29. The topological polar surface area (TPSA) is 110 Å². The monoisotopic (exact) mass is 513 g/mol. The largest absolute Gasteiger partial charge is 0.322 e. The Balaban J connectivity index is 1.57. The highest BCUT2D eigenvalue weighted by Gasteiger charge is 2.36. The van der Waals surface area contributed by atoms with Crippen molar-refractivity contribution in [3.8, 4) is 0 Å². The minimum absolute atomic E-state index is 0.121. The Hall–Kier alpha value is -3.60. The van der Waals surface area contributed by atoms with Crippen LogP contribution in [0.1, 0.15) is 31.1 Å². The van der Waals surface area contributed by atoms with Gasteiger partial charge in [-0.3, -0.25) is 24.5 Å². The van der Waals surface area contributed by atoms with Gasteiger partial charge in [0.25, 0.3) is 23.4 Å². The van der Waals surface area contributed by atoms with Gasteiger partial charge in [0.15, 0.2) is 0 Å². The van der Waals surface area contributed by atoms with Crippen LogP contribution in [0.15, 0.2) is 66.7 Å². The highest BCUT2D eigenvalue weighted by Crippen LogP contribution is 2.30. The van der Waals surface area contributed by atoms with Gasteiger partial charge in [0.05, 0.1) is 21.7 Å². The summed E-state index contributed by atoms with van der Waals surface area (Å²) in [4.78, 5) is 49.2. The molecule has 3 aromatic carbocycles. The molecule has 0 fully saturated rings. The summed E-state index contributed by atoms with van der Waals surface area (Å²) < 4.78 is 0.976. The van der Waals surface area contributed by atoms with Crippen molar-refractivity contribution in [1.82, 2.24) is 0 Å². The first-order valence-corrected chi connectivity index (χ1v) is 9.77. The number of benzene rings is 3. The molecule has 0 radical (unpaired) electrons. The zero-order valence-electron chi connectivity index (χ0n) is 15.2. The van der Waals surface area contributed by atoms with E-state index < -0.39 is 22.6 Å². The standard InChI is InChI=1S/C21H12IN3O5/c22-13-3-8-15(9-4-13)24-20(27)17-10-5-14(11-18(17)21(24)28)23-19(26)12-1-6-16(7-2-12)25(29)30/h1-11H,(H,23,26). The third kappa shape index (κ3) is 3.54. The number of fused-ring (bicyclic) bond motifs is 1. The van der Waals surface area contributed by atoms with Gasteiger partial charge in [-0.15, -0.1) is 0 Å². The Kier molecular flexibility index (Phi) is 5.04. The SMILES string of the molecule is O=C(Nc1ccc2c(c1)C(=O)N(c1ccc(I)cc1)C2=O)c1ccc([N+](=O)[O-])cc1. The molecule has 0 aromatic heterocycles. The Morgan fingerprint density at radius 1 is 0.900 bits per heavy atom. The Morgan fingerprint density at radius 3 is 2.17 bits per heavy atom. The van der Waals surface area contributed by atoms with E-state index in [1.54, 1.807) is 24.3 Å². The maximum Gasteiger partial charge on any atom is 0.269 e. The van der Waals surface area contributed by atoms with Crippen LogP contribution in [0.2, 0.25) is 0 Å². The molecule has 0 aliphatic carbocycles. The van der Waals surface area contributed by atoms with E-state index in [9.17, 15) is 24.5 Å². The summed E-state index contributed by atoms with van der Waals surface area (Å²) in [5.74, 6) is -1.39. The van der Waals surface area contributed by atoms with E-state index in [1.807, 2.05) is 0 Å². The molecule has 0 bridgehead atoms. The van der Waals surface area contributed by atoms with Gasteiger partial charge < -0.3 is 5.32 Å². The summed E-state index contributed by atoms with van der Waals surface area (Å²) in [6.07, 6.45) is 0. The van der Waals surface area contributed by atoms with Gasteiger partial charge in [0.1, 0.15) is 0 Å². The maximum atomic E-state index is 12.8. The van der Waals surface area contributed by atoms with Crippen molar-refractivity contribution in [2.45, 2.75) is 0 Å². The van der Waals surface area contributed by atoms with Gasteiger partial charge in [-0.05, 0) is 77.2 Å². The lowest BCUT2D eigenvalue weighted by Gasteiger charge is -2.13. The number of nitro groups is 1. The molecule has 1 aliphatic heterocycles. The molecular formula is C21H12IN3O5. The Bertz CT molecular complexity index is 1210. The van der Waals surface area contributed by atoms with Crippen molar-refractivity contribution in [1.29, 1.82) is 0 Å². The summed E-state index contributed by atoms with van der Waals surface area (Å²) in [7, 11) is 0. The lowest BCUT2D eigenvalue weighted by molar-refractivity contribution is -0.384. The molecular weight excluding hydrogens is 501 g/mol. The quantitative estimate of drug-likeness (QED) is 0.243. The van der Waals surface area contributed by atoms with Gasteiger partial charge in [-0.1, -0.05) is 0 Å². The van der Waals surface area contributed by atoms with Crippen molar-refractivity contribution in [2.24, 2.45) is 0 Å². The van der Waals surface area contributed by atoms with Crippen LogP contribution < -0.4 is 10.2 Å². The van der Waals surface area contributed by atoms with Gasteiger partial charge >= 0.3 is 0 Å². The Morgan fingerprint density at radius 2 is 1.53 bits per heavy atom. The molecule has 3 aromatic rings. The Labute approximate surface area is 183 Å². The first kappa shape index (κ1) is 19.7. The summed E-state index contributed by atoms with van der Waals surface area (Å²) in [6, 6.07) is 16.6. The summed E-state index contributed by atoms with van der Waals surface area (Å²) in [5, 5.41) is 13.4. The van der Waals surface area contributed by atoms with Crippen LogP contribution in [0.5, 0.6) is 0 Å². The first-order chi connectivity index (χ1) is 14.3. The first-order valence-electron chi connectivity index (χ1n) is 8.69. The zero-order valence-corrected chi connectivity index (χ0v) is 17.3. The fraction of sp³-hybridized carbons (Fsp3) is 0. The van der Waals surface area contributed by atoms with Gasteiger partial charge in [0, 0.05) is 27.0 Å². The maximum absolute atomic E-state index is 12.8. The third-order valence-electron chi connectivity index (χ3n) is 4.57. The minimum atomic E-state index is -0.551. The highest BCUT2D eigenvalue weighted by molar-refractivity contribution is 14.1. The lowest BCUT2D eigenvalue weighted by atomic mass is 10.1. The minimum Gasteiger partial charge on any atom is -0.322 e. The average Bonchev–Trinajstić information content (AvgIpc) is 2.98. The third-order valence-corrected chi connectivity index (χ3v) is 5.29. The summed E-state index contributed by atoms with van der Waals surface area (Å²) >= 11 is 2.13. The predicted octanol–water partition coefficient (Wildman–Crippen LogP) is 4.25. The molecule has 1 heterocycles. The van der Waals surface area contributed by atoms with E-state index in [4.69, 9.17) is 0 Å². The van der Waals surface area contributed by atoms with Crippen molar-refractivity contribution in [3.63, 3.8) is 0 Å². The van der Waals surface area contributed by atoms with Crippen molar-refractivity contribution in [3.05, 3.63) is 97.1 Å². The van der Waals surface area contributed by atoms with E-state index in [2.05, 4.69) is 27.9 Å². The molecule has 0 unspecified atom stereocenters. The number of nitrogens with zero attached hydrogens (tertiary/aromatic N) is 2. The van der Waals surface area contributed by atoms with Crippen LogP contribution in [-0.2, 0) is 0 Å². The van der Waals surface area contributed by atoms with E-state index in [1.165, 1.54) is 42.5 Å². The number of halogens is 1. The number of hydrogen-bond donors (Lipinski definition) is 1. The van der Waals surface area contributed by atoms with Gasteiger partial charge in [-0.2, -0.15) is 0 Å². The number of nitrogens with one attached hydrogen (secondary N) is 1. The van der Waals surface area contributed by atoms with Crippen molar-refractivity contribution in [2.75, 3.05) is 10.2 Å². The molecule has 9 heteroatoms. The molecule has 1 N–H and O–H groups in total. The van der Waals surface area contributed by atoms with Gasteiger partial charge in [0.2, 0.25) is 0 Å². The number of non-ortho nitro benzene ring substituents is 1. The van der Waals surface area contributed by atoms with Crippen LogP contribution in [0.25, 0.3) is 0 Å². The number of amides is 3. The normalized spacial score (nSPS) is 12.6. The second-order valence-electron chi connectivity index (χ2n) is 6.44. The smallest absolute Gasteiger partial charge is 0.269 e. The number of rotatable bonds is 4. The molecule has 148 valence electrons. The summed E-state index contributed by atoms with van der Waals surface area (Å²) in [6.45, 7) is 0. The number of carbonyl (C=O) groups excluding carboxylic acids is 3. The molecule has 8 nitrogen and oxygen atoms in total. The second kappa shape index (κ2) is 7.67. The van der Waals surface area contributed by atoms with Crippen LogP contribution >= 0.6 is 22.6 Å². The zero-order chi connectivity index (χ0) is 21.4. The van der Waals surface area contributed by atoms with E-state index in [0.717, 1.165) is 8.47 Å². The van der Waals surface area contributed by atoms with Crippen LogP contribution in [0, 0.1) is 13.7 Å². The van der Waals surface area contributed by atoms with Crippen LogP contribution in [0.3, 0.4) is 0 Å². The number of carbonyl (C=O) groups is 3. The molecule has 30 heavy (non-hydrogen) atoms. The number of nitro benzene ring substituents is 1. The number of hydrogen-bond acceptors (Lipinski definition) is 5.